The van der Waals surface area contributed by atoms with Crippen molar-refractivity contribution in [2.24, 2.45) is 11.8 Å². The highest BCUT2D eigenvalue weighted by Gasteiger charge is 2.15. The number of nitrogens with one attached hydrogen (secondary N) is 2. The summed E-state index contributed by atoms with van der Waals surface area (Å²) in [5.74, 6) is 1.98. The molecule has 0 aromatic rings. The molecule has 3 heteroatoms. The van der Waals surface area contributed by atoms with Gasteiger partial charge >= 0.3 is 0 Å². The molecule has 1 aliphatic carbocycles. The van der Waals surface area contributed by atoms with Crippen molar-refractivity contribution in [1.82, 2.24) is 10.6 Å². The third kappa shape index (κ3) is 6.25. The molecule has 0 aromatic heterocycles. The van der Waals surface area contributed by atoms with Gasteiger partial charge in [-0.25, -0.2) is 0 Å². The van der Waals surface area contributed by atoms with Crippen molar-refractivity contribution in [2.45, 2.75) is 70.6 Å². The van der Waals surface area contributed by atoms with Crippen molar-refractivity contribution >= 4 is 5.91 Å². The van der Waals surface area contributed by atoms with E-state index in [4.69, 9.17) is 0 Å². The SMILES string of the molecule is O=C(CCC1CCNCC1)NCCCC1CCCCC1. The Hall–Kier alpha value is -0.570. The third-order valence-electron chi connectivity index (χ3n) is 5.07. The molecule has 2 rings (SSSR count). The summed E-state index contributed by atoms with van der Waals surface area (Å²) in [6.07, 6.45) is 13.9. The van der Waals surface area contributed by atoms with Crippen LogP contribution in [0, 0.1) is 11.8 Å². The second kappa shape index (κ2) is 9.38. The summed E-state index contributed by atoms with van der Waals surface area (Å²) in [5, 5.41) is 6.48. The topological polar surface area (TPSA) is 41.1 Å². The summed E-state index contributed by atoms with van der Waals surface area (Å²) in [6.45, 7) is 3.16. The fourth-order valence-electron chi connectivity index (χ4n) is 3.69. The number of rotatable bonds is 7. The Kier molecular flexibility index (Phi) is 7.42. The molecule has 1 saturated heterocycles. The molecule has 0 spiro atoms. The van der Waals surface area contributed by atoms with Crippen molar-refractivity contribution < 1.29 is 4.79 Å². The fourth-order valence-corrected chi connectivity index (χ4v) is 3.69. The predicted octanol–water partition coefficient (Wildman–Crippen LogP) is 3.24. The number of carbonyl (C=O) groups excluding carboxylic acids is 1. The molecule has 0 atom stereocenters. The predicted molar refractivity (Wildman–Crippen MR) is 83.6 cm³/mol. The van der Waals surface area contributed by atoms with Gasteiger partial charge in [-0.1, -0.05) is 32.1 Å². The number of hydrogen-bond acceptors (Lipinski definition) is 2. The minimum Gasteiger partial charge on any atom is -0.356 e. The summed E-state index contributed by atoms with van der Waals surface area (Å²) < 4.78 is 0. The maximum absolute atomic E-state index is 11.8. The van der Waals surface area contributed by atoms with E-state index in [1.54, 1.807) is 0 Å². The lowest BCUT2D eigenvalue weighted by Crippen LogP contribution is -2.29. The molecule has 116 valence electrons. The molecule has 1 saturated carbocycles. The van der Waals surface area contributed by atoms with Gasteiger partial charge in [0.15, 0.2) is 0 Å². The first-order valence-corrected chi connectivity index (χ1v) is 8.82. The van der Waals surface area contributed by atoms with Crippen LogP contribution in [0.5, 0.6) is 0 Å². The highest BCUT2D eigenvalue weighted by atomic mass is 16.1. The molecule has 1 aliphatic heterocycles. The lowest BCUT2D eigenvalue weighted by molar-refractivity contribution is -0.121. The standard InChI is InChI=1S/C17H32N2O/c20-17(9-8-16-10-13-18-14-11-16)19-12-4-7-15-5-2-1-3-6-15/h15-16,18H,1-14H2,(H,19,20). The Morgan fingerprint density at radius 3 is 2.40 bits per heavy atom. The van der Waals surface area contributed by atoms with Crippen LogP contribution in [0.1, 0.15) is 70.6 Å². The van der Waals surface area contributed by atoms with E-state index in [-0.39, 0.29) is 5.91 Å². The molecule has 0 aromatic carbocycles. The fraction of sp³-hybridized carbons (Fsp3) is 0.941. The van der Waals surface area contributed by atoms with Gasteiger partial charge in [-0.15, -0.1) is 0 Å². The lowest BCUT2D eigenvalue weighted by Gasteiger charge is -2.22. The van der Waals surface area contributed by atoms with Gasteiger partial charge in [-0.2, -0.15) is 0 Å². The maximum atomic E-state index is 11.8. The Morgan fingerprint density at radius 1 is 0.950 bits per heavy atom. The van der Waals surface area contributed by atoms with Crippen molar-refractivity contribution in [3.8, 4) is 0 Å². The van der Waals surface area contributed by atoms with E-state index in [2.05, 4.69) is 10.6 Å². The van der Waals surface area contributed by atoms with Gasteiger partial charge in [-0.05, 0) is 57.0 Å². The van der Waals surface area contributed by atoms with Crippen LogP contribution in [0.3, 0.4) is 0 Å². The van der Waals surface area contributed by atoms with Gasteiger partial charge in [0.25, 0.3) is 0 Å². The van der Waals surface area contributed by atoms with Crippen molar-refractivity contribution in [3.63, 3.8) is 0 Å². The van der Waals surface area contributed by atoms with E-state index in [9.17, 15) is 4.79 Å². The molecule has 1 amide bonds. The number of carbonyl (C=O) groups is 1. The summed E-state index contributed by atoms with van der Waals surface area (Å²) in [5.41, 5.74) is 0. The normalized spacial score (nSPS) is 21.8. The van der Waals surface area contributed by atoms with Gasteiger partial charge in [-0.3, -0.25) is 4.79 Å². The summed E-state index contributed by atoms with van der Waals surface area (Å²) in [4.78, 5) is 11.8. The molecule has 2 fully saturated rings. The van der Waals surface area contributed by atoms with Gasteiger partial charge < -0.3 is 10.6 Å². The Morgan fingerprint density at radius 2 is 1.65 bits per heavy atom. The zero-order valence-electron chi connectivity index (χ0n) is 13.0. The smallest absolute Gasteiger partial charge is 0.220 e. The van der Waals surface area contributed by atoms with E-state index in [1.807, 2.05) is 0 Å². The van der Waals surface area contributed by atoms with Crippen LogP contribution in [0.25, 0.3) is 0 Å². The van der Waals surface area contributed by atoms with E-state index in [0.717, 1.165) is 44.3 Å². The number of hydrogen-bond donors (Lipinski definition) is 2. The van der Waals surface area contributed by atoms with Crippen LogP contribution in [-0.2, 0) is 4.79 Å². The van der Waals surface area contributed by atoms with Crippen LogP contribution in [0.2, 0.25) is 0 Å². The molecule has 20 heavy (non-hydrogen) atoms. The largest absolute Gasteiger partial charge is 0.356 e. The zero-order chi connectivity index (χ0) is 14.0. The Bertz CT molecular complexity index is 268. The van der Waals surface area contributed by atoms with Gasteiger partial charge in [0.1, 0.15) is 0 Å². The molecule has 2 aliphatic rings. The Balaban J connectivity index is 1.45. The van der Waals surface area contributed by atoms with E-state index in [0.29, 0.717) is 0 Å². The van der Waals surface area contributed by atoms with Crippen molar-refractivity contribution in [1.29, 1.82) is 0 Å². The summed E-state index contributed by atoms with van der Waals surface area (Å²) in [6, 6.07) is 0. The molecular formula is C17H32N2O. The minimum absolute atomic E-state index is 0.271. The van der Waals surface area contributed by atoms with Crippen molar-refractivity contribution in [3.05, 3.63) is 0 Å². The van der Waals surface area contributed by atoms with Crippen LogP contribution < -0.4 is 10.6 Å². The quantitative estimate of drug-likeness (QED) is 0.703. The molecule has 0 radical (unpaired) electrons. The second-order valence-corrected chi connectivity index (χ2v) is 6.73. The average molecular weight is 280 g/mol. The lowest BCUT2D eigenvalue weighted by atomic mass is 9.86. The van der Waals surface area contributed by atoms with Crippen molar-refractivity contribution in [2.75, 3.05) is 19.6 Å². The van der Waals surface area contributed by atoms with Gasteiger partial charge in [0.2, 0.25) is 5.91 Å². The molecule has 2 N–H and O–H groups in total. The molecule has 0 unspecified atom stereocenters. The van der Waals surface area contributed by atoms with Crippen LogP contribution in [0.4, 0.5) is 0 Å². The highest BCUT2D eigenvalue weighted by molar-refractivity contribution is 5.75. The average Bonchev–Trinajstić information content (AvgIpc) is 2.52. The number of amides is 1. The second-order valence-electron chi connectivity index (χ2n) is 6.73. The van der Waals surface area contributed by atoms with Crippen LogP contribution in [-0.4, -0.2) is 25.5 Å². The minimum atomic E-state index is 0.271. The van der Waals surface area contributed by atoms with Gasteiger partial charge in [0, 0.05) is 13.0 Å². The zero-order valence-corrected chi connectivity index (χ0v) is 13.0. The van der Waals surface area contributed by atoms with E-state index in [1.165, 1.54) is 57.8 Å². The highest BCUT2D eigenvalue weighted by Crippen LogP contribution is 2.26. The van der Waals surface area contributed by atoms with E-state index >= 15 is 0 Å². The monoisotopic (exact) mass is 280 g/mol. The molecule has 0 bridgehead atoms. The maximum Gasteiger partial charge on any atom is 0.220 e. The molecule has 3 nitrogen and oxygen atoms in total. The van der Waals surface area contributed by atoms with E-state index < -0.39 is 0 Å². The number of piperidine rings is 1. The summed E-state index contributed by atoms with van der Waals surface area (Å²) >= 11 is 0. The molecular weight excluding hydrogens is 248 g/mol. The van der Waals surface area contributed by atoms with Crippen LogP contribution in [0.15, 0.2) is 0 Å². The third-order valence-corrected chi connectivity index (χ3v) is 5.07. The van der Waals surface area contributed by atoms with Crippen LogP contribution >= 0.6 is 0 Å². The summed E-state index contributed by atoms with van der Waals surface area (Å²) in [7, 11) is 0. The first-order chi connectivity index (χ1) is 9.84. The molecule has 1 heterocycles. The Labute approximate surface area is 124 Å². The first-order valence-electron chi connectivity index (χ1n) is 8.82. The first kappa shape index (κ1) is 15.8. The van der Waals surface area contributed by atoms with Gasteiger partial charge in [0.05, 0.1) is 0 Å².